The molecule has 0 saturated carbocycles. The number of hydrogen-bond acceptors (Lipinski definition) is 4. The predicted molar refractivity (Wildman–Crippen MR) is 105 cm³/mol. The van der Waals surface area contributed by atoms with Crippen LogP contribution in [0.25, 0.3) is 0 Å². The molecule has 1 fully saturated rings. The smallest absolute Gasteiger partial charge is 0.314 e. The summed E-state index contributed by atoms with van der Waals surface area (Å²) in [7, 11) is 1.66. The normalized spacial score (nSPS) is 15.2. The summed E-state index contributed by atoms with van der Waals surface area (Å²) in [6.45, 7) is 4.47. The number of ether oxygens (including phenoxy) is 2. The second-order valence-corrected chi connectivity index (χ2v) is 6.71. The van der Waals surface area contributed by atoms with Crippen molar-refractivity contribution in [3.63, 3.8) is 0 Å². The third-order valence-electron chi connectivity index (χ3n) is 4.77. The lowest BCUT2D eigenvalue weighted by molar-refractivity contribution is 0.207. The molecule has 6 heteroatoms. The van der Waals surface area contributed by atoms with Gasteiger partial charge in [0, 0.05) is 32.7 Å². The average Bonchev–Trinajstić information content (AvgIpc) is 2.93. The van der Waals surface area contributed by atoms with Gasteiger partial charge in [-0.1, -0.05) is 36.4 Å². The zero-order valence-electron chi connectivity index (χ0n) is 15.8. The number of rotatable bonds is 6. The topological polar surface area (TPSA) is 68.0 Å². The molecule has 0 aliphatic carbocycles. The van der Waals surface area contributed by atoms with E-state index in [1.54, 1.807) is 12.0 Å². The van der Waals surface area contributed by atoms with E-state index in [2.05, 4.69) is 11.0 Å². The molecule has 0 aromatic heterocycles. The zero-order chi connectivity index (χ0) is 19.1. The minimum Gasteiger partial charge on any atom is -0.493 e. The number of amides is 2. The van der Waals surface area contributed by atoms with E-state index in [1.807, 2.05) is 42.5 Å². The monoisotopic (exact) mass is 369 g/mol. The van der Waals surface area contributed by atoms with Crippen LogP contribution in [0.5, 0.6) is 11.5 Å². The summed E-state index contributed by atoms with van der Waals surface area (Å²) in [6, 6.07) is 15.8. The zero-order valence-corrected chi connectivity index (χ0v) is 15.8. The van der Waals surface area contributed by atoms with Crippen LogP contribution in [0.1, 0.15) is 17.5 Å². The van der Waals surface area contributed by atoms with Crippen molar-refractivity contribution in [1.29, 1.82) is 0 Å². The molecule has 27 heavy (non-hydrogen) atoms. The number of methoxy groups -OCH3 is 1. The summed E-state index contributed by atoms with van der Waals surface area (Å²) in [6.07, 6.45) is 0.929. The highest BCUT2D eigenvalue weighted by Gasteiger charge is 2.17. The summed E-state index contributed by atoms with van der Waals surface area (Å²) in [5, 5.41) is 0. The standard InChI is InChI=1S/C21H27N3O3/c1-26-20-14-18(15-23-10-5-11-24(13-12-23)21(22)25)8-9-19(20)27-16-17-6-3-2-4-7-17/h2-4,6-9,14H,5,10-13,15-16H2,1H3,(H2,22,25). The molecule has 3 rings (SSSR count). The van der Waals surface area contributed by atoms with Crippen molar-refractivity contribution in [2.24, 2.45) is 5.73 Å². The van der Waals surface area contributed by atoms with E-state index in [9.17, 15) is 4.79 Å². The number of carbonyl (C=O) groups excluding carboxylic acids is 1. The molecule has 0 radical (unpaired) electrons. The van der Waals surface area contributed by atoms with Crippen LogP contribution in [0, 0.1) is 0 Å². The summed E-state index contributed by atoms with van der Waals surface area (Å²) in [5.41, 5.74) is 7.67. The van der Waals surface area contributed by atoms with Crippen molar-refractivity contribution in [1.82, 2.24) is 9.80 Å². The van der Waals surface area contributed by atoms with Crippen molar-refractivity contribution in [3.8, 4) is 11.5 Å². The average molecular weight is 369 g/mol. The first-order valence-corrected chi connectivity index (χ1v) is 9.26. The lowest BCUT2D eigenvalue weighted by Crippen LogP contribution is -2.38. The molecule has 1 aliphatic heterocycles. The van der Waals surface area contributed by atoms with Gasteiger partial charge in [-0.15, -0.1) is 0 Å². The number of urea groups is 1. The van der Waals surface area contributed by atoms with E-state index in [4.69, 9.17) is 15.2 Å². The van der Waals surface area contributed by atoms with Crippen LogP contribution in [0.15, 0.2) is 48.5 Å². The van der Waals surface area contributed by atoms with Crippen LogP contribution in [0.3, 0.4) is 0 Å². The number of benzene rings is 2. The second kappa shape index (κ2) is 9.28. The Hall–Kier alpha value is -2.73. The maximum absolute atomic E-state index is 11.4. The number of nitrogens with zero attached hydrogens (tertiary/aromatic N) is 2. The van der Waals surface area contributed by atoms with Crippen LogP contribution >= 0.6 is 0 Å². The van der Waals surface area contributed by atoms with Gasteiger partial charge >= 0.3 is 6.03 Å². The highest BCUT2D eigenvalue weighted by Crippen LogP contribution is 2.29. The molecule has 2 aromatic carbocycles. The van der Waals surface area contributed by atoms with E-state index >= 15 is 0 Å². The molecule has 144 valence electrons. The molecule has 0 unspecified atom stereocenters. The van der Waals surface area contributed by atoms with Gasteiger partial charge < -0.3 is 20.1 Å². The molecule has 2 amide bonds. The van der Waals surface area contributed by atoms with Crippen LogP contribution in [0.2, 0.25) is 0 Å². The number of nitrogens with two attached hydrogens (primary N) is 1. The van der Waals surface area contributed by atoms with Crippen molar-refractivity contribution >= 4 is 6.03 Å². The lowest BCUT2D eigenvalue weighted by atomic mass is 10.1. The fourth-order valence-corrected chi connectivity index (χ4v) is 3.27. The van der Waals surface area contributed by atoms with Gasteiger partial charge in [0.05, 0.1) is 7.11 Å². The van der Waals surface area contributed by atoms with E-state index in [0.717, 1.165) is 55.2 Å². The van der Waals surface area contributed by atoms with Gasteiger partial charge in [0.2, 0.25) is 0 Å². The van der Waals surface area contributed by atoms with Crippen LogP contribution in [0.4, 0.5) is 4.79 Å². The third kappa shape index (κ3) is 5.37. The summed E-state index contributed by atoms with van der Waals surface area (Å²) < 4.78 is 11.4. The van der Waals surface area contributed by atoms with Crippen molar-refractivity contribution in [2.75, 3.05) is 33.3 Å². The molecule has 1 aliphatic rings. The Labute approximate surface area is 160 Å². The maximum atomic E-state index is 11.4. The van der Waals surface area contributed by atoms with Crippen LogP contribution in [-0.4, -0.2) is 49.1 Å². The van der Waals surface area contributed by atoms with Gasteiger partial charge in [0.15, 0.2) is 11.5 Å². The minimum atomic E-state index is -0.335. The van der Waals surface area contributed by atoms with E-state index < -0.39 is 0 Å². The molecular formula is C21H27N3O3. The van der Waals surface area contributed by atoms with Crippen molar-refractivity contribution < 1.29 is 14.3 Å². The first-order valence-electron chi connectivity index (χ1n) is 9.26. The molecule has 6 nitrogen and oxygen atoms in total. The highest BCUT2D eigenvalue weighted by molar-refractivity contribution is 5.71. The lowest BCUT2D eigenvalue weighted by Gasteiger charge is -2.21. The Morgan fingerprint density at radius 1 is 1.00 bits per heavy atom. The molecule has 0 spiro atoms. The van der Waals surface area contributed by atoms with Gasteiger partial charge in [-0.05, 0) is 29.7 Å². The molecule has 0 bridgehead atoms. The number of hydrogen-bond donors (Lipinski definition) is 1. The Morgan fingerprint density at radius 2 is 1.81 bits per heavy atom. The van der Waals surface area contributed by atoms with Gasteiger partial charge in [-0.2, -0.15) is 0 Å². The Kier molecular flexibility index (Phi) is 6.54. The molecular weight excluding hydrogens is 342 g/mol. The molecule has 1 heterocycles. The van der Waals surface area contributed by atoms with E-state index in [-0.39, 0.29) is 6.03 Å². The Balaban J connectivity index is 1.61. The fourth-order valence-electron chi connectivity index (χ4n) is 3.27. The van der Waals surface area contributed by atoms with E-state index in [1.165, 1.54) is 0 Å². The quantitative estimate of drug-likeness (QED) is 0.850. The highest BCUT2D eigenvalue weighted by atomic mass is 16.5. The van der Waals surface area contributed by atoms with Crippen molar-refractivity contribution in [3.05, 3.63) is 59.7 Å². The van der Waals surface area contributed by atoms with E-state index in [0.29, 0.717) is 13.2 Å². The van der Waals surface area contributed by atoms with Crippen LogP contribution in [-0.2, 0) is 13.2 Å². The summed E-state index contributed by atoms with van der Waals surface area (Å²) in [4.78, 5) is 15.4. The maximum Gasteiger partial charge on any atom is 0.314 e. The third-order valence-corrected chi connectivity index (χ3v) is 4.77. The second-order valence-electron chi connectivity index (χ2n) is 6.71. The molecule has 0 atom stereocenters. The Bertz CT molecular complexity index is 752. The molecule has 1 saturated heterocycles. The first-order chi connectivity index (χ1) is 13.2. The van der Waals surface area contributed by atoms with Gasteiger partial charge in [0.1, 0.15) is 6.61 Å². The van der Waals surface area contributed by atoms with Gasteiger partial charge in [0.25, 0.3) is 0 Å². The predicted octanol–water partition coefficient (Wildman–Crippen LogP) is 2.86. The summed E-state index contributed by atoms with van der Waals surface area (Å²) in [5.74, 6) is 1.47. The van der Waals surface area contributed by atoms with Crippen molar-refractivity contribution in [2.45, 2.75) is 19.6 Å². The van der Waals surface area contributed by atoms with Gasteiger partial charge in [-0.3, -0.25) is 4.90 Å². The van der Waals surface area contributed by atoms with Crippen LogP contribution < -0.4 is 15.2 Å². The fraction of sp³-hybridized carbons (Fsp3) is 0.381. The molecule has 2 aromatic rings. The number of carbonyl (C=O) groups is 1. The largest absolute Gasteiger partial charge is 0.493 e. The number of primary amides is 1. The SMILES string of the molecule is COc1cc(CN2CCCN(C(N)=O)CC2)ccc1OCc1ccccc1. The summed E-state index contributed by atoms with van der Waals surface area (Å²) >= 11 is 0. The minimum absolute atomic E-state index is 0.335. The molecule has 2 N–H and O–H groups in total. The van der Waals surface area contributed by atoms with Gasteiger partial charge in [-0.25, -0.2) is 4.79 Å². The first kappa shape index (κ1) is 19.0. The Morgan fingerprint density at radius 3 is 2.56 bits per heavy atom.